The Balaban J connectivity index is 1.78. The van der Waals surface area contributed by atoms with Crippen molar-refractivity contribution in [3.8, 4) is 0 Å². The van der Waals surface area contributed by atoms with Crippen molar-refractivity contribution in [1.82, 2.24) is 10.3 Å². The number of nitrogens with one attached hydrogen (secondary N) is 1. The standard InChI is InChI=1S/C19H23FN2O/c1-12(19(23)21-2)13-3-5-14(6-4-13)16-9-10-22-18-8-7-15(20)11-17(16)18/h7-14H,3-6H2,1-2H3,(H,21,23)/t12-,13-,14+/m1/s1. The summed E-state index contributed by atoms with van der Waals surface area (Å²) < 4.78 is 13.6. The molecule has 0 unspecified atom stereocenters. The molecule has 4 heteroatoms. The van der Waals surface area contributed by atoms with Gasteiger partial charge in [-0.05, 0) is 67.3 Å². The Morgan fingerprint density at radius 2 is 2.00 bits per heavy atom. The summed E-state index contributed by atoms with van der Waals surface area (Å²) in [5.41, 5.74) is 2.05. The van der Waals surface area contributed by atoms with Crippen LogP contribution in [-0.2, 0) is 4.79 Å². The fourth-order valence-corrected chi connectivity index (χ4v) is 3.87. The number of pyridine rings is 1. The van der Waals surface area contributed by atoms with Crippen LogP contribution in [0.25, 0.3) is 10.9 Å². The third-order valence-corrected chi connectivity index (χ3v) is 5.32. The molecule has 1 saturated carbocycles. The lowest BCUT2D eigenvalue weighted by Crippen LogP contribution is -2.32. The van der Waals surface area contributed by atoms with E-state index in [0.29, 0.717) is 11.8 Å². The smallest absolute Gasteiger partial charge is 0.222 e. The van der Waals surface area contributed by atoms with E-state index in [1.54, 1.807) is 19.2 Å². The van der Waals surface area contributed by atoms with Crippen LogP contribution in [0.5, 0.6) is 0 Å². The molecule has 0 saturated heterocycles. The molecule has 0 aliphatic heterocycles. The lowest BCUT2D eigenvalue weighted by Gasteiger charge is -2.32. The van der Waals surface area contributed by atoms with Crippen molar-refractivity contribution < 1.29 is 9.18 Å². The van der Waals surface area contributed by atoms with Gasteiger partial charge in [-0.1, -0.05) is 6.92 Å². The van der Waals surface area contributed by atoms with Gasteiger partial charge in [0, 0.05) is 24.5 Å². The molecule has 1 amide bonds. The summed E-state index contributed by atoms with van der Waals surface area (Å²) in [5.74, 6) is 0.845. The van der Waals surface area contributed by atoms with Crippen LogP contribution in [0.4, 0.5) is 4.39 Å². The van der Waals surface area contributed by atoms with Crippen molar-refractivity contribution in [2.24, 2.45) is 11.8 Å². The molecule has 1 heterocycles. The number of hydrogen-bond acceptors (Lipinski definition) is 2. The van der Waals surface area contributed by atoms with Gasteiger partial charge in [0.1, 0.15) is 5.82 Å². The van der Waals surface area contributed by atoms with Crippen LogP contribution >= 0.6 is 0 Å². The first-order chi connectivity index (χ1) is 11.1. The minimum Gasteiger partial charge on any atom is -0.359 e. The maximum atomic E-state index is 13.6. The van der Waals surface area contributed by atoms with Crippen LogP contribution in [0, 0.1) is 17.7 Å². The number of carbonyl (C=O) groups excluding carboxylic acids is 1. The summed E-state index contributed by atoms with van der Waals surface area (Å²) >= 11 is 0. The molecule has 122 valence electrons. The lowest BCUT2D eigenvalue weighted by atomic mass is 9.73. The maximum absolute atomic E-state index is 13.6. The van der Waals surface area contributed by atoms with E-state index < -0.39 is 0 Å². The molecular weight excluding hydrogens is 291 g/mol. The average molecular weight is 314 g/mol. The molecule has 0 radical (unpaired) electrons. The molecule has 1 aliphatic rings. The Bertz CT molecular complexity index is 708. The van der Waals surface area contributed by atoms with Gasteiger partial charge in [-0.2, -0.15) is 0 Å². The molecule has 0 bridgehead atoms. The first kappa shape index (κ1) is 15.9. The highest BCUT2D eigenvalue weighted by atomic mass is 19.1. The topological polar surface area (TPSA) is 42.0 Å². The molecule has 23 heavy (non-hydrogen) atoms. The van der Waals surface area contributed by atoms with E-state index in [9.17, 15) is 9.18 Å². The second kappa shape index (κ2) is 6.65. The molecule has 1 N–H and O–H groups in total. The van der Waals surface area contributed by atoms with Crippen molar-refractivity contribution in [1.29, 1.82) is 0 Å². The monoisotopic (exact) mass is 314 g/mol. The number of carbonyl (C=O) groups is 1. The lowest BCUT2D eigenvalue weighted by molar-refractivity contribution is -0.126. The quantitative estimate of drug-likeness (QED) is 0.929. The van der Waals surface area contributed by atoms with Crippen LogP contribution < -0.4 is 5.32 Å². The highest BCUT2D eigenvalue weighted by Crippen LogP contribution is 2.40. The SMILES string of the molecule is CNC(=O)[C@H](C)[C@H]1CC[C@@H](c2ccnc3ccc(F)cc32)CC1. The zero-order valence-corrected chi connectivity index (χ0v) is 13.7. The number of rotatable bonds is 3. The Labute approximate surface area is 136 Å². The van der Waals surface area contributed by atoms with E-state index in [-0.39, 0.29) is 17.6 Å². The summed E-state index contributed by atoms with van der Waals surface area (Å²) in [6.07, 6.45) is 5.98. The van der Waals surface area contributed by atoms with Gasteiger partial charge in [-0.25, -0.2) is 4.39 Å². The maximum Gasteiger partial charge on any atom is 0.222 e. The van der Waals surface area contributed by atoms with Crippen molar-refractivity contribution in [3.63, 3.8) is 0 Å². The molecular formula is C19H23FN2O. The van der Waals surface area contributed by atoms with Crippen molar-refractivity contribution in [2.45, 2.75) is 38.5 Å². The molecule has 3 rings (SSSR count). The van der Waals surface area contributed by atoms with Crippen LogP contribution in [0.15, 0.2) is 30.5 Å². The Kier molecular flexibility index (Phi) is 4.60. The number of nitrogens with zero attached hydrogens (tertiary/aromatic N) is 1. The number of fused-ring (bicyclic) bond motifs is 1. The molecule has 1 aliphatic carbocycles. The largest absolute Gasteiger partial charge is 0.359 e. The van der Waals surface area contributed by atoms with Gasteiger partial charge in [-0.3, -0.25) is 9.78 Å². The highest BCUT2D eigenvalue weighted by molar-refractivity contribution is 5.82. The zero-order valence-electron chi connectivity index (χ0n) is 13.7. The normalized spacial score (nSPS) is 22.7. The van der Waals surface area contributed by atoms with Gasteiger partial charge in [0.05, 0.1) is 5.52 Å². The first-order valence-electron chi connectivity index (χ1n) is 8.36. The summed E-state index contributed by atoms with van der Waals surface area (Å²) in [4.78, 5) is 16.1. The van der Waals surface area contributed by atoms with Crippen LogP contribution in [0.3, 0.4) is 0 Å². The van der Waals surface area contributed by atoms with Crippen LogP contribution in [-0.4, -0.2) is 17.9 Å². The van der Waals surface area contributed by atoms with E-state index >= 15 is 0 Å². The predicted molar refractivity (Wildman–Crippen MR) is 89.6 cm³/mol. The van der Waals surface area contributed by atoms with Crippen molar-refractivity contribution in [3.05, 3.63) is 41.8 Å². The average Bonchev–Trinajstić information content (AvgIpc) is 2.60. The highest BCUT2D eigenvalue weighted by Gasteiger charge is 2.29. The van der Waals surface area contributed by atoms with Crippen molar-refractivity contribution in [2.75, 3.05) is 7.05 Å². The van der Waals surface area contributed by atoms with E-state index in [1.165, 1.54) is 11.6 Å². The zero-order chi connectivity index (χ0) is 16.4. The van der Waals surface area contributed by atoms with E-state index in [2.05, 4.69) is 10.3 Å². The van der Waals surface area contributed by atoms with Gasteiger partial charge in [0.25, 0.3) is 0 Å². The Morgan fingerprint density at radius 1 is 1.26 bits per heavy atom. The number of hydrogen-bond donors (Lipinski definition) is 1. The molecule has 1 fully saturated rings. The number of benzene rings is 1. The Morgan fingerprint density at radius 3 is 2.70 bits per heavy atom. The number of aromatic nitrogens is 1. The molecule has 2 aromatic rings. The van der Waals surface area contributed by atoms with E-state index in [1.807, 2.05) is 19.2 Å². The third-order valence-electron chi connectivity index (χ3n) is 5.32. The number of amides is 1. The van der Waals surface area contributed by atoms with Gasteiger partial charge in [0.2, 0.25) is 5.91 Å². The van der Waals surface area contributed by atoms with Gasteiger partial charge >= 0.3 is 0 Å². The van der Waals surface area contributed by atoms with Gasteiger partial charge in [-0.15, -0.1) is 0 Å². The summed E-state index contributed by atoms with van der Waals surface area (Å²) in [6.45, 7) is 2.01. The minimum atomic E-state index is -0.214. The predicted octanol–water partition coefficient (Wildman–Crippen LogP) is 4.03. The molecule has 3 nitrogen and oxygen atoms in total. The second-order valence-corrected chi connectivity index (χ2v) is 6.58. The van der Waals surface area contributed by atoms with Crippen molar-refractivity contribution >= 4 is 16.8 Å². The van der Waals surface area contributed by atoms with Gasteiger partial charge in [0.15, 0.2) is 0 Å². The summed E-state index contributed by atoms with van der Waals surface area (Å²) in [6, 6.07) is 6.82. The van der Waals surface area contributed by atoms with Crippen LogP contribution in [0.2, 0.25) is 0 Å². The minimum absolute atomic E-state index is 0.0626. The molecule has 1 atom stereocenters. The summed E-state index contributed by atoms with van der Waals surface area (Å²) in [7, 11) is 1.70. The third kappa shape index (κ3) is 3.21. The van der Waals surface area contributed by atoms with E-state index in [4.69, 9.17) is 0 Å². The molecule has 1 aromatic heterocycles. The fraction of sp³-hybridized carbons (Fsp3) is 0.474. The Hall–Kier alpha value is -1.97. The van der Waals surface area contributed by atoms with Gasteiger partial charge < -0.3 is 5.32 Å². The first-order valence-corrected chi connectivity index (χ1v) is 8.36. The number of halogens is 1. The van der Waals surface area contributed by atoms with Crippen LogP contribution in [0.1, 0.15) is 44.1 Å². The fourth-order valence-electron chi connectivity index (χ4n) is 3.87. The summed E-state index contributed by atoms with van der Waals surface area (Å²) in [5, 5.41) is 3.67. The van der Waals surface area contributed by atoms with E-state index in [0.717, 1.165) is 36.6 Å². The molecule has 0 spiro atoms. The second-order valence-electron chi connectivity index (χ2n) is 6.58. The molecule has 1 aromatic carbocycles.